The van der Waals surface area contributed by atoms with Gasteiger partial charge in [0.25, 0.3) is 5.56 Å². The quantitative estimate of drug-likeness (QED) is 0.586. The first-order valence-electron chi connectivity index (χ1n) is 8.58. The fourth-order valence-electron chi connectivity index (χ4n) is 3.35. The van der Waals surface area contributed by atoms with Gasteiger partial charge in [-0.1, -0.05) is 15.9 Å². The van der Waals surface area contributed by atoms with Crippen molar-refractivity contribution in [3.05, 3.63) is 62.1 Å². The molecule has 0 fully saturated rings. The number of nitrogens with zero attached hydrogens (tertiary/aromatic N) is 2. The average molecular weight is 467 g/mol. The Kier molecular flexibility index (Phi) is 4.65. The Balaban J connectivity index is 1.88. The molecular formula is C20H14BrF3N2O3. The van der Waals surface area contributed by atoms with Gasteiger partial charge in [-0.05, 0) is 54.0 Å². The zero-order chi connectivity index (χ0) is 20.9. The van der Waals surface area contributed by atoms with Gasteiger partial charge in [0.05, 0.1) is 23.6 Å². The number of rotatable bonds is 2. The molecule has 1 aliphatic heterocycles. The molecule has 9 heteroatoms. The van der Waals surface area contributed by atoms with Crippen molar-refractivity contribution in [1.82, 2.24) is 9.55 Å². The van der Waals surface area contributed by atoms with Gasteiger partial charge >= 0.3 is 6.18 Å². The highest BCUT2D eigenvalue weighted by Crippen LogP contribution is 2.36. The summed E-state index contributed by atoms with van der Waals surface area (Å²) in [4.78, 5) is 17.1. The van der Waals surface area contributed by atoms with Crippen molar-refractivity contribution in [3.8, 4) is 11.5 Å². The Morgan fingerprint density at radius 1 is 1.28 bits per heavy atom. The first-order chi connectivity index (χ1) is 13.7. The second kappa shape index (κ2) is 6.91. The number of benzene rings is 2. The first-order valence-corrected chi connectivity index (χ1v) is 9.37. The van der Waals surface area contributed by atoms with E-state index in [9.17, 15) is 23.1 Å². The number of alkyl halides is 3. The molecule has 0 radical (unpaired) electrons. The van der Waals surface area contributed by atoms with Crippen LogP contribution in [0.2, 0.25) is 0 Å². The molecule has 2 heterocycles. The monoisotopic (exact) mass is 466 g/mol. The van der Waals surface area contributed by atoms with Crippen molar-refractivity contribution in [1.29, 1.82) is 0 Å². The molecule has 0 aliphatic carbocycles. The molecule has 0 unspecified atom stereocenters. The number of phenolic OH excluding ortho intramolecular Hbond substituents is 1. The van der Waals surface area contributed by atoms with Gasteiger partial charge in [0, 0.05) is 11.0 Å². The van der Waals surface area contributed by atoms with Crippen LogP contribution in [0.5, 0.6) is 11.5 Å². The number of aromatic nitrogens is 2. The lowest BCUT2D eigenvalue weighted by Crippen LogP contribution is -2.21. The van der Waals surface area contributed by atoms with Crippen LogP contribution in [0, 0.1) is 0 Å². The molecule has 2 aromatic carbocycles. The number of methoxy groups -OCH3 is 1. The van der Waals surface area contributed by atoms with Crippen molar-refractivity contribution in [3.63, 3.8) is 0 Å². The molecule has 1 N–H and O–H groups in total. The van der Waals surface area contributed by atoms with Crippen LogP contribution in [-0.4, -0.2) is 21.8 Å². The smallest absolute Gasteiger partial charge is 0.416 e. The van der Waals surface area contributed by atoms with Crippen LogP contribution in [0.1, 0.15) is 23.4 Å². The van der Waals surface area contributed by atoms with Crippen molar-refractivity contribution >= 4 is 38.5 Å². The highest BCUT2D eigenvalue weighted by atomic mass is 79.9. The lowest BCUT2D eigenvalue weighted by molar-refractivity contribution is -0.137. The van der Waals surface area contributed by atoms with E-state index in [0.29, 0.717) is 34.4 Å². The number of ether oxygens (including phenoxy) is 1. The summed E-state index contributed by atoms with van der Waals surface area (Å²) in [7, 11) is 1.43. The molecule has 0 atom stereocenters. The van der Waals surface area contributed by atoms with Crippen molar-refractivity contribution < 1.29 is 23.0 Å². The summed E-state index contributed by atoms with van der Waals surface area (Å²) in [6.45, 7) is 0.386. The van der Waals surface area contributed by atoms with E-state index in [-0.39, 0.29) is 28.0 Å². The van der Waals surface area contributed by atoms with Gasteiger partial charge in [-0.3, -0.25) is 9.36 Å². The summed E-state index contributed by atoms with van der Waals surface area (Å²) >= 11 is 3.37. The maximum Gasteiger partial charge on any atom is 0.416 e. The highest BCUT2D eigenvalue weighted by molar-refractivity contribution is 9.10. The number of hydrogen-bond donors (Lipinski definition) is 1. The standard InChI is InChI=1S/C20H14BrF3N2O3/c1-29-17-7-11(14(21)9-16(17)27)6-10-4-5-26-18(10)25-15-8-12(20(22,23)24)2-3-13(15)19(26)28/h2-3,6-9,27H,4-5H2,1H3/b10-6-. The molecule has 5 nitrogen and oxygen atoms in total. The fraction of sp³-hybridized carbons (Fsp3) is 0.200. The maximum absolute atomic E-state index is 13.0. The second-order valence-electron chi connectivity index (χ2n) is 6.59. The fourth-order valence-corrected chi connectivity index (χ4v) is 3.80. The Morgan fingerprint density at radius 2 is 2.03 bits per heavy atom. The highest BCUT2D eigenvalue weighted by Gasteiger charge is 2.31. The van der Waals surface area contributed by atoms with E-state index in [1.54, 1.807) is 12.1 Å². The van der Waals surface area contributed by atoms with E-state index in [2.05, 4.69) is 20.9 Å². The number of aromatic hydroxyl groups is 1. The summed E-state index contributed by atoms with van der Waals surface area (Å²) < 4.78 is 46.3. The van der Waals surface area contributed by atoms with Gasteiger partial charge in [0.15, 0.2) is 11.5 Å². The van der Waals surface area contributed by atoms with Crippen molar-refractivity contribution in [2.75, 3.05) is 7.11 Å². The number of allylic oxidation sites excluding steroid dienone is 1. The molecule has 150 valence electrons. The summed E-state index contributed by atoms with van der Waals surface area (Å²) in [6, 6.07) is 6.06. The Hall–Kier alpha value is -2.81. The van der Waals surface area contributed by atoms with E-state index < -0.39 is 11.7 Å². The molecule has 0 amide bonds. The third kappa shape index (κ3) is 3.39. The molecule has 3 aromatic rings. The molecule has 4 rings (SSSR count). The lowest BCUT2D eigenvalue weighted by Gasteiger charge is -2.10. The minimum Gasteiger partial charge on any atom is -0.504 e. The summed E-state index contributed by atoms with van der Waals surface area (Å²) in [5.41, 5.74) is 0.170. The minimum atomic E-state index is -4.52. The van der Waals surface area contributed by atoms with E-state index in [4.69, 9.17) is 4.74 Å². The molecule has 1 aliphatic rings. The lowest BCUT2D eigenvalue weighted by atomic mass is 10.1. The zero-order valence-electron chi connectivity index (χ0n) is 15.0. The average Bonchev–Trinajstić information content (AvgIpc) is 3.06. The summed E-state index contributed by atoms with van der Waals surface area (Å²) in [6.07, 6.45) is -2.24. The van der Waals surface area contributed by atoms with Gasteiger partial charge in [-0.25, -0.2) is 4.98 Å². The topological polar surface area (TPSA) is 64.4 Å². The summed E-state index contributed by atoms with van der Waals surface area (Å²) in [5.74, 6) is 0.575. The minimum absolute atomic E-state index is 0.00577. The molecule has 0 bridgehead atoms. The molecule has 0 saturated carbocycles. The first kappa shape index (κ1) is 19.5. The Labute approximate surface area is 171 Å². The number of halogens is 4. The molecule has 29 heavy (non-hydrogen) atoms. The van der Waals surface area contributed by atoms with Gasteiger partial charge in [0.2, 0.25) is 0 Å². The van der Waals surface area contributed by atoms with E-state index in [1.807, 2.05) is 0 Å². The van der Waals surface area contributed by atoms with Crippen LogP contribution in [0.3, 0.4) is 0 Å². The SMILES string of the molecule is COc1cc(/C=C2/CCn3c2nc2cc(C(F)(F)F)ccc2c3=O)c(Br)cc1O. The van der Waals surface area contributed by atoms with Crippen LogP contribution >= 0.6 is 15.9 Å². The van der Waals surface area contributed by atoms with E-state index in [0.717, 1.165) is 12.1 Å². The van der Waals surface area contributed by atoms with Gasteiger partial charge < -0.3 is 9.84 Å². The van der Waals surface area contributed by atoms with Crippen LogP contribution < -0.4 is 10.3 Å². The third-order valence-electron chi connectivity index (χ3n) is 4.80. The van der Waals surface area contributed by atoms with Crippen LogP contribution in [-0.2, 0) is 12.7 Å². The van der Waals surface area contributed by atoms with Crippen LogP contribution in [0.25, 0.3) is 22.6 Å². The number of phenols is 1. The van der Waals surface area contributed by atoms with E-state index in [1.165, 1.54) is 23.8 Å². The predicted octanol–water partition coefficient (Wildman–Crippen LogP) is 4.84. The predicted molar refractivity (Wildman–Crippen MR) is 106 cm³/mol. The van der Waals surface area contributed by atoms with Crippen molar-refractivity contribution in [2.45, 2.75) is 19.1 Å². The molecule has 1 aromatic heterocycles. The summed E-state index contributed by atoms with van der Waals surface area (Å²) in [5, 5.41) is 10.0. The zero-order valence-corrected chi connectivity index (χ0v) is 16.6. The van der Waals surface area contributed by atoms with Gasteiger partial charge in [-0.2, -0.15) is 13.2 Å². The van der Waals surface area contributed by atoms with Gasteiger partial charge in [-0.15, -0.1) is 0 Å². The molecule has 0 spiro atoms. The molecule has 0 saturated heterocycles. The maximum atomic E-state index is 13.0. The van der Waals surface area contributed by atoms with E-state index >= 15 is 0 Å². The van der Waals surface area contributed by atoms with Crippen LogP contribution in [0.15, 0.2) is 39.6 Å². The second-order valence-corrected chi connectivity index (χ2v) is 7.44. The Bertz CT molecular complexity index is 1230. The van der Waals surface area contributed by atoms with Crippen molar-refractivity contribution in [2.24, 2.45) is 0 Å². The third-order valence-corrected chi connectivity index (χ3v) is 5.49. The van der Waals surface area contributed by atoms with Gasteiger partial charge in [0.1, 0.15) is 5.82 Å². The number of fused-ring (bicyclic) bond motifs is 2. The normalized spacial score (nSPS) is 15.1. The molecular weight excluding hydrogens is 453 g/mol. The Morgan fingerprint density at radius 3 is 2.72 bits per heavy atom. The largest absolute Gasteiger partial charge is 0.504 e. The van der Waals surface area contributed by atoms with Crippen LogP contribution in [0.4, 0.5) is 13.2 Å². The number of hydrogen-bond acceptors (Lipinski definition) is 4.